The van der Waals surface area contributed by atoms with Crippen LogP contribution in [-0.4, -0.2) is 10.9 Å². The van der Waals surface area contributed by atoms with Crippen LogP contribution in [0.4, 0.5) is 5.69 Å². The van der Waals surface area contributed by atoms with Crippen LogP contribution >= 0.6 is 38.9 Å². The lowest BCUT2D eigenvalue weighted by Crippen LogP contribution is -2.10. The number of amides is 1. The Kier molecular flexibility index (Phi) is 3.58. The molecular formula is C10H6BrClN2OS. The number of carbonyl (C=O) groups is 1. The van der Waals surface area contributed by atoms with E-state index in [1.54, 1.807) is 12.1 Å². The van der Waals surface area contributed by atoms with Gasteiger partial charge in [0.25, 0.3) is 5.91 Å². The highest BCUT2D eigenvalue weighted by Gasteiger charge is 2.11. The van der Waals surface area contributed by atoms with Gasteiger partial charge in [-0.15, -0.1) is 11.3 Å². The Morgan fingerprint density at radius 1 is 1.44 bits per heavy atom. The first-order valence-corrected chi connectivity index (χ1v) is 6.38. The Morgan fingerprint density at radius 3 is 2.81 bits per heavy atom. The number of nitrogens with zero attached hydrogens (tertiary/aromatic N) is 1. The molecule has 0 atom stereocenters. The van der Waals surface area contributed by atoms with Crippen molar-refractivity contribution in [1.29, 1.82) is 0 Å². The molecule has 1 N–H and O–H groups in total. The average molecular weight is 318 g/mol. The lowest BCUT2D eigenvalue weighted by molar-refractivity contribution is 0.103. The van der Waals surface area contributed by atoms with E-state index in [-0.39, 0.29) is 5.91 Å². The SMILES string of the molecule is O=C(Nc1ccc(Cl)nc1)c1sccc1Br. The minimum Gasteiger partial charge on any atom is -0.320 e. The highest BCUT2D eigenvalue weighted by atomic mass is 79.9. The number of pyridine rings is 1. The van der Waals surface area contributed by atoms with Crippen molar-refractivity contribution >= 4 is 50.5 Å². The summed E-state index contributed by atoms with van der Waals surface area (Å²) >= 11 is 10.3. The Hall–Kier alpha value is -0.910. The first kappa shape index (κ1) is 11.6. The molecule has 1 amide bonds. The zero-order valence-electron chi connectivity index (χ0n) is 7.91. The second kappa shape index (κ2) is 4.95. The maximum atomic E-state index is 11.8. The third kappa shape index (κ3) is 2.61. The van der Waals surface area contributed by atoms with Crippen molar-refractivity contribution in [3.8, 4) is 0 Å². The smallest absolute Gasteiger partial charge is 0.266 e. The van der Waals surface area contributed by atoms with E-state index in [1.165, 1.54) is 17.5 Å². The van der Waals surface area contributed by atoms with E-state index in [0.29, 0.717) is 15.7 Å². The highest BCUT2D eigenvalue weighted by molar-refractivity contribution is 9.10. The number of thiophene rings is 1. The number of aromatic nitrogens is 1. The van der Waals surface area contributed by atoms with Crippen LogP contribution in [-0.2, 0) is 0 Å². The molecule has 3 nitrogen and oxygen atoms in total. The average Bonchev–Trinajstić information content (AvgIpc) is 2.68. The number of hydrogen-bond donors (Lipinski definition) is 1. The van der Waals surface area contributed by atoms with E-state index in [1.807, 2.05) is 11.4 Å². The molecule has 2 heterocycles. The fraction of sp³-hybridized carbons (Fsp3) is 0. The van der Waals surface area contributed by atoms with E-state index < -0.39 is 0 Å². The zero-order chi connectivity index (χ0) is 11.5. The van der Waals surface area contributed by atoms with Gasteiger partial charge in [0.1, 0.15) is 10.0 Å². The van der Waals surface area contributed by atoms with Gasteiger partial charge in [-0.25, -0.2) is 4.98 Å². The van der Waals surface area contributed by atoms with Crippen LogP contribution in [0.15, 0.2) is 34.2 Å². The van der Waals surface area contributed by atoms with Gasteiger partial charge < -0.3 is 5.32 Å². The summed E-state index contributed by atoms with van der Waals surface area (Å²) in [7, 11) is 0. The van der Waals surface area contributed by atoms with E-state index >= 15 is 0 Å². The first-order chi connectivity index (χ1) is 7.66. The summed E-state index contributed by atoms with van der Waals surface area (Å²) in [5.74, 6) is -0.161. The number of rotatable bonds is 2. The molecule has 0 unspecified atom stereocenters. The lowest BCUT2D eigenvalue weighted by Gasteiger charge is -2.03. The molecule has 6 heteroatoms. The normalized spacial score (nSPS) is 10.1. The largest absolute Gasteiger partial charge is 0.320 e. The van der Waals surface area contributed by atoms with Gasteiger partial charge in [-0.3, -0.25) is 4.79 Å². The summed E-state index contributed by atoms with van der Waals surface area (Å²) in [5.41, 5.74) is 0.620. The third-order valence-corrected chi connectivity index (χ3v) is 3.87. The predicted molar refractivity (Wildman–Crippen MR) is 69.2 cm³/mol. The minimum absolute atomic E-state index is 0.161. The Balaban J connectivity index is 2.14. The fourth-order valence-corrected chi connectivity index (χ4v) is 2.65. The highest BCUT2D eigenvalue weighted by Crippen LogP contribution is 2.23. The summed E-state index contributed by atoms with van der Waals surface area (Å²) < 4.78 is 0.789. The van der Waals surface area contributed by atoms with Gasteiger partial charge >= 0.3 is 0 Å². The Bertz CT molecular complexity index is 512. The maximum Gasteiger partial charge on any atom is 0.266 e. The number of carbonyl (C=O) groups excluding carboxylic acids is 1. The van der Waals surface area contributed by atoms with Gasteiger partial charge in [0.2, 0.25) is 0 Å². The summed E-state index contributed by atoms with van der Waals surface area (Å²) in [6, 6.07) is 5.16. The molecule has 16 heavy (non-hydrogen) atoms. The van der Waals surface area contributed by atoms with Gasteiger partial charge in [0, 0.05) is 4.47 Å². The van der Waals surface area contributed by atoms with Gasteiger partial charge in [0.05, 0.1) is 11.9 Å². The molecular weight excluding hydrogens is 312 g/mol. The van der Waals surface area contributed by atoms with Crippen LogP contribution < -0.4 is 5.32 Å². The van der Waals surface area contributed by atoms with Gasteiger partial charge in [-0.2, -0.15) is 0 Å². The zero-order valence-corrected chi connectivity index (χ0v) is 11.1. The van der Waals surface area contributed by atoms with Crippen molar-refractivity contribution in [3.63, 3.8) is 0 Å². The molecule has 0 radical (unpaired) electrons. The Labute approximate surface area is 110 Å². The molecule has 0 aliphatic heterocycles. The third-order valence-electron chi connectivity index (χ3n) is 1.81. The van der Waals surface area contributed by atoms with Crippen molar-refractivity contribution in [3.05, 3.63) is 44.3 Å². The lowest BCUT2D eigenvalue weighted by atomic mass is 10.4. The summed E-state index contributed by atoms with van der Waals surface area (Å²) in [6.45, 7) is 0. The second-order valence-electron chi connectivity index (χ2n) is 2.92. The van der Waals surface area contributed by atoms with Crippen molar-refractivity contribution in [1.82, 2.24) is 4.98 Å². The number of halogens is 2. The minimum atomic E-state index is -0.161. The number of nitrogens with one attached hydrogen (secondary N) is 1. The molecule has 0 saturated heterocycles. The molecule has 82 valence electrons. The summed E-state index contributed by atoms with van der Waals surface area (Å²) in [6.07, 6.45) is 1.52. The van der Waals surface area contributed by atoms with Crippen molar-refractivity contribution in [2.75, 3.05) is 5.32 Å². The maximum absolute atomic E-state index is 11.8. The molecule has 0 aliphatic rings. The molecule has 0 spiro atoms. The van der Waals surface area contributed by atoms with E-state index in [9.17, 15) is 4.79 Å². The number of hydrogen-bond acceptors (Lipinski definition) is 3. The van der Waals surface area contributed by atoms with Gasteiger partial charge in [0.15, 0.2) is 0 Å². The molecule has 0 bridgehead atoms. The quantitative estimate of drug-likeness (QED) is 0.856. The molecule has 0 aromatic carbocycles. The molecule has 2 aromatic rings. The summed E-state index contributed by atoms with van der Waals surface area (Å²) in [5, 5.41) is 4.98. The molecule has 2 aromatic heterocycles. The van der Waals surface area contributed by atoms with Crippen LogP contribution in [0.3, 0.4) is 0 Å². The second-order valence-corrected chi connectivity index (χ2v) is 5.08. The van der Waals surface area contributed by atoms with E-state index in [2.05, 4.69) is 26.2 Å². The van der Waals surface area contributed by atoms with Crippen LogP contribution in [0.1, 0.15) is 9.67 Å². The predicted octanol–water partition coefficient (Wildman–Crippen LogP) is 3.81. The molecule has 0 aliphatic carbocycles. The monoisotopic (exact) mass is 316 g/mol. The van der Waals surface area contributed by atoms with Gasteiger partial charge in [-0.05, 0) is 39.5 Å². The first-order valence-electron chi connectivity index (χ1n) is 4.33. The van der Waals surface area contributed by atoms with E-state index in [4.69, 9.17) is 11.6 Å². The van der Waals surface area contributed by atoms with Crippen LogP contribution in [0.2, 0.25) is 5.15 Å². The Morgan fingerprint density at radius 2 is 2.25 bits per heavy atom. The molecule has 0 saturated carbocycles. The topological polar surface area (TPSA) is 42.0 Å². The van der Waals surface area contributed by atoms with Gasteiger partial charge in [-0.1, -0.05) is 11.6 Å². The van der Waals surface area contributed by atoms with Crippen molar-refractivity contribution in [2.45, 2.75) is 0 Å². The van der Waals surface area contributed by atoms with Crippen LogP contribution in [0.25, 0.3) is 0 Å². The van der Waals surface area contributed by atoms with Crippen LogP contribution in [0.5, 0.6) is 0 Å². The molecule has 0 fully saturated rings. The standard InChI is InChI=1S/C10H6BrClN2OS/c11-7-3-4-16-9(7)10(15)14-6-1-2-8(12)13-5-6/h1-5H,(H,14,15). The van der Waals surface area contributed by atoms with Crippen molar-refractivity contribution < 1.29 is 4.79 Å². The van der Waals surface area contributed by atoms with E-state index in [0.717, 1.165) is 4.47 Å². The fourth-order valence-electron chi connectivity index (χ4n) is 1.09. The summed E-state index contributed by atoms with van der Waals surface area (Å²) in [4.78, 5) is 16.3. The van der Waals surface area contributed by atoms with Crippen molar-refractivity contribution in [2.24, 2.45) is 0 Å². The molecule has 2 rings (SSSR count). The number of anilines is 1. The van der Waals surface area contributed by atoms with Crippen LogP contribution in [0, 0.1) is 0 Å².